The third-order valence-electron chi connectivity index (χ3n) is 5.34. The number of ether oxygens (including phenoxy) is 2. The number of fused-ring (bicyclic) bond motifs is 1. The van der Waals surface area contributed by atoms with E-state index in [9.17, 15) is 9.59 Å². The largest absolute Gasteiger partial charge is 0.493 e. The van der Waals surface area contributed by atoms with Crippen LogP contribution >= 0.6 is 11.8 Å². The van der Waals surface area contributed by atoms with Crippen molar-refractivity contribution in [2.24, 2.45) is 11.3 Å². The van der Waals surface area contributed by atoms with Crippen molar-refractivity contribution in [1.82, 2.24) is 0 Å². The van der Waals surface area contributed by atoms with E-state index >= 15 is 0 Å². The van der Waals surface area contributed by atoms with Crippen LogP contribution in [0.3, 0.4) is 0 Å². The van der Waals surface area contributed by atoms with Crippen LogP contribution in [0.25, 0.3) is 11.0 Å². The number of esters is 1. The fourth-order valence-electron chi connectivity index (χ4n) is 3.26. The topological polar surface area (TPSA) is 65.7 Å². The molecule has 5 nitrogen and oxygen atoms in total. The molecule has 0 aliphatic rings. The van der Waals surface area contributed by atoms with Gasteiger partial charge in [0.1, 0.15) is 0 Å². The maximum atomic E-state index is 12.3. The van der Waals surface area contributed by atoms with Gasteiger partial charge in [-0.1, -0.05) is 32.8 Å². The molecule has 0 radical (unpaired) electrons. The van der Waals surface area contributed by atoms with Crippen molar-refractivity contribution in [3.05, 3.63) is 34.7 Å². The fraction of sp³-hybridized carbons (Fsp3) is 0.600. The number of benzene rings is 1. The summed E-state index contributed by atoms with van der Waals surface area (Å²) in [5.74, 6) is 1.99. The number of para-hydroxylation sites is 1. The lowest BCUT2D eigenvalue weighted by Crippen LogP contribution is -2.27. The van der Waals surface area contributed by atoms with Crippen molar-refractivity contribution in [2.45, 2.75) is 71.1 Å². The molecule has 2 rings (SSSR count). The summed E-state index contributed by atoms with van der Waals surface area (Å²) in [6, 6.07) is 7.18. The second-order valence-electron chi connectivity index (χ2n) is 8.98. The Balaban J connectivity index is 1.69. The Morgan fingerprint density at radius 2 is 1.90 bits per heavy atom. The van der Waals surface area contributed by atoms with Crippen molar-refractivity contribution in [3.8, 4) is 5.75 Å². The summed E-state index contributed by atoms with van der Waals surface area (Å²) >= 11 is 1.66. The van der Waals surface area contributed by atoms with Crippen molar-refractivity contribution in [3.63, 3.8) is 0 Å². The van der Waals surface area contributed by atoms with E-state index in [1.807, 2.05) is 26.0 Å². The first-order chi connectivity index (χ1) is 14.7. The maximum Gasteiger partial charge on any atom is 0.337 e. The SMILES string of the molecule is COc1cccc2c(SCCCCCCOC(=O)C(C)(C)CCC(C)C)cc(=O)oc12. The third kappa shape index (κ3) is 7.91. The van der Waals surface area contributed by atoms with Gasteiger partial charge in [-0.25, -0.2) is 4.79 Å². The summed E-state index contributed by atoms with van der Waals surface area (Å²) in [7, 11) is 1.57. The molecule has 0 spiro atoms. The molecular formula is C25H36O5S. The molecule has 0 aliphatic heterocycles. The quantitative estimate of drug-likeness (QED) is 0.152. The van der Waals surface area contributed by atoms with Crippen molar-refractivity contribution in [2.75, 3.05) is 19.5 Å². The van der Waals surface area contributed by atoms with Crippen LogP contribution in [0.2, 0.25) is 0 Å². The summed E-state index contributed by atoms with van der Waals surface area (Å²) in [5, 5.41) is 0.899. The minimum absolute atomic E-state index is 0.0890. The van der Waals surface area contributed by atoms with Crippen LogP contribution in [-0.2, 0) is 9.53 Å². The van der Waals surface area contributed by atoms with Gasteiger partial charge < -0.3 is 13.9 Å². The van der Waals surface area contributed by atoms with Crippen molar-refractivity contribution in [1.29, 1.82) is 0 Å². The summed E-state index contributed by atoms with van der Waals surface area (Å²) in [6.45, 7) is 8.77. The number of thioether (sulfide) groups is 1. The lowest BCUT2D eigenvalue weighted by molar-refractivity contribution is -0.154. The number of unbranched alkanes of at least 4 members (excludes halogenated alkanes) is 3. The molecule has 0 bridgehead atoms. The Hall–Kier alpha value is -1.95. The van der Waals surface area contributed by atoms with Gasteiger partial charge in [0.25, 0.3) is 0 Å². The Morgan fingerprint density at radius 3 is 2.61 bits per heavy atom. The molecule has 1 aromatic heterocycles. The van der Waals surface area contributed by atoms with E-state index < -0.39 is 5.41 Å². The molecule has 2 aromatic rings. The Bertz CT molecular complexity index is 900. The highest BCUT2D eigenvalue weighted by molar-refractivity contribution is 7.99. The van der Waals surface area contributed by atoms with Crippen LogP contribution in [0.4, 0.5) is 0 Å². The molecule has 6 heteroatoms. The van der Waals surface area contributed by atoms with E-state index in [-0.39, 0.29) is 11.6 Å². The first-order valence-electron chi connectivity index (χ1n) is 11.2. The smallest absolute Gasteiger partial charge is 0.337 e. The molecule has 1 heterocycles. The normalized spacial score (nSPS) is 11.8. The van der Waals surface area contributed by atoms with Gasteiger partial charge in [-0.2, -0.15) is 0 Å². The molecule has 0 amide bonds. The fourth-order valence-corrected chi connectivity index (χ4v) is 4.33. The molecule has 0 saturated heterocycles. The highest BCUT2D eigenvalue weighted by Crippen LogP contribution is 2.32. The van der Waals surface area contributed by atoms with E-state index in [1.54, 1.807) is 31.0 Å². The van der Waals surface area contributed by atoms with Crippen LogP contribution in [0.15, 0.2) is 38.4 Å². The predicted octanol–water partition coefficient (Wildman–Crippen LogP) is 6.46. The number of hydrogen-bond acceptors (Lipinski definition) is 6. The number of carbonyl (C=O) groups is 1. The Labute approximate surface area is 189 Å². The van der Waals surface area contributed by atoms with Crippen LogP contribution < -0.4 is 10.4 Å². The zero-order chi connectivity index (χ0) is 22.9. The highest BCUT2D eigenvalue weighted by atomic mass is 32.2. The zero-order valence-corrected chi connectivity index (χ0v) is 20.3. The lowest BCUT2D eigenvalue weighted by Gasteiger charge is -2.23. The number of rotatable bonds is 13. The molecule has 0 N–H and O–H groups in total. The van der Waals surface area contributed by atoms with E-state index in [1.165, 1.54) is 0 Å². The molecule has 0 unspecified atom stereocenters. The molecular weight excluding hydrogens is 412 g/mol. The van der Waals surface area contributed by atoms with E-state index in [0.717, 1.165) is 54.6 Å². The number of hydrogen-bond donors (Lipinski definition) is 0. The second-order valence-corrected chi connectivity index (χ2v) is 10.1. The van der Waals surface area contributed by atoms with Gasteiger partial charge in [-0.3, -0.25) is 4.79 Å². The summed E-state index contributed by atoms with van der Waals surface area (Å²) < 4.78 is 16.1. The predicted molar refractivity (Wildman–Crippen MR) is 127 cm³/mol. The van der Waals surface area contributed by atoms with E-state index in [0.29, 0.717) is 23.9 Å². The first-order valence-corrected chi connectivity index (χ1v) is 12.1. The van der Waals surface area contributed by atoms with Gasteiger partial charge in [0.15, 0.2) is 11.3 Å². The third-order valence-corrected chi connectivity index (χ3v) is 6.49. The molecule has 172 valence electrons. The first kappa shape index (κ1) is 25.3. The van der Waals surface area contributed by atoms with Crippen LogP contribution in [-0.4, -0.2) is 25.4 Å². The average molecular weight is 449 g/mol. The standard InChI is InChI=1S/C25H36O5S/c1-18(2)13-14-25(3,4)24(27)29-15-8-6-7-9-16-31-21-17-22(26)30-23-19(21)11-10-12-20(23)28-5/h10-12,17-18H,6-9,13-16H2,1-5H3. The maximum absolute atomic E-state index is 12.3. The van der Waals surface area contributed by atoms with Gasteiger partial charge in [-0.15, -0.1) is 11.8 Å². The molecule has 0 fully saturated rings. The van der Waals surface area contributed by atoms with Gasteiger partial charge in [0.2, 0.25) is 0 Å². The van der Waals surface area contributed by atoms with Crippen LogP contribution in [0, 0.1) is 11.3 Å². The average Bonchev–Trinajstić information content (AvgIpc) is 2.73. The Kier molecular flexibility index (Phi) is 9.94. The lowest BCUT2D eigenvalue weighted by atomic mass is 9.85. The summed E-state index contributed by atoms with van der Waals surface area (Å²) in [5.41, 5.74) is -0.273. The number of methoxy groups -OCH3 is 1. The van der Waals surface area contributed by atoms with Gasteiger partial charge >= 0.3 is 11.6 Å². The molecule has 0 aliphatic carbocycles. The van der Waals surface area contributed by atoms with Gasteiger partial charge in [-0.05, 0) is 63.3 Å². The molecule has 0 atom stereocenters. The summed E-state index contributed by atoms with van der Waals surface area (Å²) in [6.07, 6.45) is 5.88. The molecule has 0 saturated carbocycles. The van der Waals surface area contributed by atoms with E-state index in [4.69, 9.17) is 13.9 Å². The summed E-state index contributed by atoms with van der Waals surface area (Å²) in [4.78, 5) is 25.1. The van der Waals surface area contributed by atoms with Gasteiger partial charge in [0.05, 0.1) is 19.1 Å². The number of carbonyl (C=O) groups excluding carboxylic acids is 1. The molecule has 31 heavy (non-hydrogen) atoms. The highest BCUT2D eigenvalue weighted by Gasteiger charge is 2.28. The minimum Gasteiger partial charge on any atom is -0.493 e. The van der Waals surface area contributed by atoms with Crippen LogP contribution in [0.5, 0.6) is 5.75 Å². The van der Waals surface area contributed by atoms with Gasteiger partial charge in [0, 0.05) is 16.3 Å². The Morgan fingerprint density at radius 1 is 1.16 bits per heavy atom. The van der Waals surface area contributed by atoms with Crippen molar-refractivity contribution < 1.29 is 18.7 Å². The zero-order valence-electron chi connectivity index (χ0n) is 19.5. The second kappa shape index (κ2) is 12.2. The monoisotopic (exact) mass is 448 g/mol. The van der Waals surface area contributed by atoms with Crippen molar-refractivity contribution >= 4 is 28.7 Å². The van der Waals surface area contributed by atoms with E-state index in [2.05, 4.69) is 13.8 Å². The van der Waals surface area contributed by atoms with Crippen LogP contribution in [0.1, 0.15) is 66.2 Å². The molecule has 1 aromatic carbocycles. The minimum atomic E-state index is -0.408.